The molecule has 5 N–H and O–H groups in total. The molecule has 0 aliphatic rings. The van der Waals surface area contributed by atoms with Gasteiger partial charge in [-0.25, -0.2) is 4.79 Å². The molecular weight excluding hydrogens is 733 g/mol. The third-order valence-electron chi connectivity index (χ3n) is 9.61. The Bertz CT molecular complexity index is 2170. The standard InChI is InChI=1S/C47H54N4O7/c1-4-14-39(47(55)58-30-33-15-6-5-7-16-33)51-42(52)29-49-46(54)38(21-12-13-27-48)50-43(53)31-57-41-25-23-35-18-9-11-20-37(35)45(41)44-36-19-10-8-17-34(36)22-24-40(44)56-28-26-32(2)3/h4-11,15-20,22-25,32,38-39H,1,12-14,21,26-31,48H2,2-3H3,(H,49,54)(H,50,53)(H,51,52)/t38-,39+/m1/s1. The second-order valence-corrected chi connectivity index (χ2v) is 14.5. The number of fused-ring (bicyclic) bond motifs is 2. The molecule has 0 heterocycles. The van der Waals surface area contributed by atoms with Gasteiger partial charge in [0, 0.05) is 11.1 Å². The molecular formula is C47H54N4O7. The monoisotopic (exact) mass is 786 g/mol. The number of benzene rings is 5. The molecule has 5 aromatic carbocycles. The number of hydrogen-bond donors (Lipinski definition) is 4. The van der Waals surface area contributed by atoms with Crippen molar-refractivity contribution in [2.45, 2.75) is 64.6 Å². The molecule has 0 aliphatic heterocycles. The summed E-state index contributed by atoms with van der Waals surface area (Å²) in [6.45, 7) is 8.19. The molecule has 5 aromatic rings. The molecule has 0 bridgehead atoms. The van der Waals surface area contributed by atoms with Crippen molar-refractivity contribution in [3.05, 3.63) is 121 Å². The number of ether oxygens (including phenoxy) is 3. The van der Waals surface area contributed by atoms with Crippen LogP contribution in [-0.2, 0) is 30.5 Å². The Morgan fingerprint density at radius 2 is 1.31 bits per heavy atom. The smallest absolute Gasteiger partial charge is 0.329 e. The van der Waals surface area contributed by atoms with Crippen LogP contribution in [0.25, 0.3) is 32.7 Å². The molecule has 2 atom stereocenters. The Hall–Kier alpha value is -6.20. The quantitative estimate of drug-likeness (QED) is 0.0332. The molecule has 11 heteroatoms. The van der Waals surface area contributed by atoms with E-state index >= 15 is 0 Å². The number of hydrogen-bond acceptors (Lipinski definition) is 8. The van der Waals surface area contributed by atoms with Crippen molar-refractivity contribution in [2.24, 2.45) is 11.7 Å². The fourth-order valence-electron chi connectivity index (χ4n) is 6.55. The number of rotatable bonds is 22. The molecule has 3 amide bonds. The van der Waals surface area contributed by atoms with E-state index in [0.717, 1.165) is 44.7 Å². The van der Waals surface area contributed by atoms with Crippen LogP contribution in [0, 0.1) is 5.92 Å². The molecule has 0 radical (unpaired) electrons. The van der Waals surface area contributed by atoms with Crippen LogP contribution in [0.15, 0.2) is 116 Å². The van der Waals surface area contributed by atoms with Crippen LogP contribution in [0.2, 0.25) is 0 Å². The van der Waals surface area contributed by atoms with Crippen molar-refractivity contribution in [3.8, 4) is 22.6 Å². The Morgan fingerprint density at radius 3 is 1.93 bits per heavy atom. The van der Waals surface area contributed by atoms with Gasteiger partial charge in [0.25, 0.3) is 5.91 Å². The Balaban J connectivity index is 1.29. The van der Waals surface area contributed by atoms with E-state index in [2.05, 4.69) is 48.5 Å². The number of nitrogens with two attached hydrogens (primary N) is 1. The average molecular weight is 787 g/mol. The van der Waals surface area contributed by atoms with Crippen molar-refractivity contribution in [1.82, 2.24) is 16.0 Å². The predicted octanol–water partition coefficient (Wildman–Crippen LogP) is 7.00. The summed E-state index contributed by atoms with van der Waals surface area (Å²) in [5.74, 6) is -0.639. The summed E-state index contributed by atoms with van der Waals surface area (Å²) in [6, 6.07) is 31.1. The summed E-state index contributed by atoms with van der Waals surface area (Å²) < 4.78 is 18.1. The van der Waals surface area contributed by atoms with Gasteiger partial charge < -0.3 is 35.9 Å². The highest BCUT2D eigenvalue weighted by molar-refractivity contribution is 6.10. The topological polar surface area (TPSA) is 158 Å². The lowest BCUT2D eigenvalue weighted by Gasteiger charge is -2.21. The molecule has 58 heavy (non-hydrogen) atoms. The molecule has 0 fully saturated rings. The maximum Gasteiger partial charge on any atom is 0.329 e. The first-order valence-electron chi connectivity index (χ1n) is 19.9. The van der Waals surface area contributed by atoms with E-state index in [1.54, 1.807) is 0 Å². The molecule has 11 nitrogen and oxygen atoms in total. The molecule has 0 saturated heterocycles. The Kier molecular flexibility index (Phi) is 16.2. The first-order valence-corrected chi connectivity index (χ1v) is 19.9. The van der Waals surface area contributed by atoms with E-state index in [9.17, 15) is 19.2 Å². The highest BCUT2D eigenvalue weighted by Gasteiger charge is 2.25. The maximum atomic E-state index is 13.5. The zero-order valence-electron chi connectivity index (χ0n) is 33.3. The highest BCUT2D eigenvalue weighted by Crippen LogP contribution is 2.45. The van der Waals surface area contributed by atoms with E-state index in [1.807, 2.05) is 91.0 Å². The van der Waals surface area contributed by atoms with Gasteiger partial charge in [-0.2, -0.15) is 0 Å². The van der Waals surface area contributed by atoms with Crippen LogP contribution in [-0.4, -0.2) is 62.1 Å². The van der Waals surface area contributed by atoms with E-state index in [-0.39, 0.29) is 26.1 Å². The van der Waals surface area contributed by atoms with Crippen LogP contribution < -0.4 is 31.2 Å². The van der Waals surface area contributed by atoms with E-state index in [0.29, 0.717) is 43.4 Å². The van der Waals surface area contributed by atoms with E-state index in [4.69, 9.17) is 19.9 Å². The van der Waals surface area contributed by atoms with Gasteiger partial charge in [0.1, 0.15) is 30.2 Å². The lowest BCUT2D eigenvalue weighted by molar-refractivity contribution is -0.149. The minimum absolute atomic E-state index is 0.0487. The van der Waals surface area contributed by atoms with Gasteiger partial charge in [0.2, 0.25) is 11.8 Å². The fourth-order valence-corrected chi connectivity index (χ4v) is 6.55. The number of unbranched alkanes of at least 4 members (excludes halogenated alkanes) is 1. The van der Waals surface area contributed by atoms with Crippen LogP contribution in [0.5, 0.6) is 11.5 Å². The zero-order valence-corrected chi connectivity index (χ0v) is 33.3. The summed E-state index contributed by atoms with van der Waals surface area (Å²) >= 11 is 0. The van der Waals surface area contributed by atoms with Gasteiger partial charge in [-0.05, 0) is 83.8 Å². The highest BCUT2D eigenvalue weighted by atomic mass is 16.5. The predicted molar refractivity (Wildman–Crippen MR) is 228 cm³/mol. The van der Waals surface area contributed by atoms with Crippen LogP contribution in [0.1, 0.15) is 51.5 Å². The first-order chi connectivity index (χ1) is 28.2. The molecule has 0 spiro atoms. The first kappa shape index (κ1) is 42.9. The summed E-state index contributed by atoms with van der Waals surface area (Å²) in [6.07, 6.45) is 4.01. The molecule has 0 unspecified atom stereocenters. The third-order valence-corrected chi connectivity index (χ3v) is 9.61. The molecule has 0 aliphatic carbocycles. The van der Waals surface area contributed by atoms with E-state index < -0.39 is 42.3 Å². The molecule has 0 aromatic heterocycles. The van der Waals surface area contributed by atoms with E-state index in [1.165, 1.54) is 6.08 Å². The van der Waals surface area contributed by atoms with Gasteiger partial charge in [0.15, 0.2) is 6.61 Å². The second kappa shape index (κ2) is 21.9. The normalized spacial score (nSPS) is 12.1. The largest absolute Gasteiger partial charge is 0.493 e. The van der Waals surface area contributed by atoms with Crippen molar-refractivity contribution >= 4 is 45.2 Å². The summed E-state index contributed by atoms with van der Waals surface area (Å²) in [4.78, 5) is 52.7. The minimum Gasteiger partial charge on any atom is -0.493 e. The zero-order chi connectivity index (χ0) is 41.3. The van der Waals surface area contributed by atoms with Crippen LogP contribution >= 0.6 is 0 Å². The summed E-state index contributed by atoms with van der Waals surface area (Å²) in [7, 11) is 0. The van der Waals surface area contributed by atoms with Gasteiger partial charge in [-0.15, -0.1) is 6.58 Å². The SMILES string of the molecule is C=CC[C@H](NC(=O)CNC(=O)[C@@H](CCCCN)NC(=O)COc1ccc2ccccc2c1-c1c(OCCC(C)C)ccc2ccccc12)C(=O)OCc1ccccc1. The summed E-state index contributed by atoms with van der Waals surface area (Å²) in [5.41, 5.74) is 8.19. The number of nitrogens with one attached hydrogen (secondary N) is 3. The Labute approximate surface area is 340 Å². The second-order valence-electron chi connectivity index (χ2n) is 14.5. The average Bonchev–Trinajstić information content (AvgIpc) is 3.23. The molecule has 5 rings (SSSR count). The van der Waals surface area contributed by atoms with Gasteiger partial charge in [0.05, 0.1) is 13.2 Å². The minimum atomic E-state index is -0.987. The Morgan fingerprint density at radius 1 is 0.707 bits per heavy atom. The fraction of sp³-hybridized carbons (Fsp3) is 0.319. The number of esters is 1. The van der Waals surface area contributed by atoms with Gasteiger partial charge >= 0.3 is 5.97 Å². The van der Waals surface area contributed by atoms with Crippen molar-refractivity contribution in [1.29, 1.82) is 0 Å². The maximum absolute atomic E-state index is 13.5. The van der Waals surface area contributed by atoms with Crippen molar-refractivity contribution < 1.29 is 33.4 Å². The van der Waals surface area contributed by atoms with Crippen molar-refractivity contribution in [2.75, 3.05) is 26.3 Å². The number of carbonyl (C=O) groups excluding carboxylic acids is 4. The number of amides is 3. The molecule has 0 saturated carbocycles. The van der Waals surface area contributed by atoms with Crippen LogP contribution in [0.3, 0.4) is 0 Å². The number of carbonyl (C=O) groups is 4. The van der Waals surface area contributed by atoms with Gasteiger partial charge in [-0.1, -0.05) is 111 Å². The lowest BCUT2D eigenvalue weighted by Crippen LogP contribution is -2.51. The third kappa shape index (κ3) is 12.1. The van der Waals surface area contributed by atoms with Gasteiger partial charge in [-0.3, -0.25) is 14.4 Å². The van der Waals surface area contributed by atoms with Crippen molar-refractivity contribution in [3.63, 3.8) is 0 Å². The van der Waals surface area contributed by atoms with Crippen LogP contribution in [0.4, 0.5) is 0 Å². The molecule has 304 valence electrons. The summed E-state index contributed by atoms with van der Waals surface area (Å²) in [5, 5.41) is 12.0. The lowest BCUT2D eigenvalue weighted by atomic mass is 9.92.